The second kappa shape index (κ2) is 6.67. The summed E-state index contributed by atoms with van der Waals surface area (Å²) in [5, 5.41) is 15.6. The van der Waals surface area contributed by atoms with Crippen LogP contribution in [0.2, 0.25) is 0 Å². The SMILES string of the molecule is CN1CCN(c2nccc3[nH]c(-c4n[nH]c5ccc(-c6cn[nH]c6)cc45)nc23)CC1. The summed E-state index contributed by atoms with van der Waals surface area (Å²) in [6.45, 7) is 3.95. The van der Waals surface area contributed by atoms with Crippen LogP contribution in [0.1, 0.15) is 0 Å². The van der Waals surface area contributed by atoms with Gasteiger partial charge in [-0.25, -0.2) is 9.97 Å². The molecule has 0 saturated carbocycles. The molecule has 9 heteroatoms. The normalized spacial score (nSPS) is 15.4. The van der Waals surface area contributed by atoms with E-state index in [9.17, 15) is 0 Å². The Morgan fingerprint density at radius 3 is 2.73 bits per heavy atom. The molecule has 1 aromatic carbocycles. The Morgan fingerprint density at radius 1 is 1.00 bits per heavy atom. The van der Waals surface area contributed by atoms with Crippen molar-refractivity contribution in [1.29, 1.82) is 0 Å². The fourth-order valence-electron chi connectivity index (χ4n) is 4.07. The standard InChI is InChI=1S/C21H21N9/c1-29-6-8-30(9-7-29)21-19-17(4-5-22-21)25-20(26-19)18-15-10-13(14-11-23-24-12-14)2-3-16(15)27-28-18/h2-5,10-12H,6-9H2,1H3,(H,23,24)(H,25,26)(H,27,28). The van der Waals surface area contributed by atoms with Crippen molar-refractivity contribution in [1.82, 2.24) is 40.2 Å². The van der Waals surface area contributed by atoms with Crippen LogP contribution < -0.4 is 4.90 Å². The molecule has 1 aliphatic heterocycles. The van der Waals surface area contributed by atoms with Crippen molar-refractivity contribution >= 4 is 27.8 Å². The molecule has 0 spiro atoms. The lowest BCUT2D eigenvalue weighted by molar-refractivity contribution is 0.312. The molecule has 0 aliphatic carbocycles. The number of aromatic nitrogens is 7. The van der Waals surface area contributed by atoms with E-state index >= 15 is 0 Å². The smallest absolute Gasteiger partial charge is 0.159 e. The molecule has 150 valence electrons. The number of fused-ring (bicyclic) bond motifs is 2. The van der Waals surface area contributed by atoms with Crippen molar-refractivity contribution in [2.75, 3.05) is 38.1 Å². The van der Waals surface area contributed by atoms with Gasteiger partial charge in [-0.1, -0.05) is 6.07 Å². The number of H-pyrrole nitrogens is 3. The highest BCUT2D eigenvalue weighted by Crippen LogP contribution is 2.31. The third kappa shape index (κ3) is 2.74. The average Bonchev–Trinajstić information content (AvgIpc) is 3.52. The minimum atomic E-state index is 0.740. The highest BCUT2D eigenvalue weighted by atomic mass is 15.3. The van der Waals surface area contributed by atoms with Gasteiger partial charge in [0, 0.05) is 49.5 Å². The van der Waals surface area contributed by atoms with E-state index in [4.69, 9.17) is 4.98 Å². The fourth-order valence-corrected chi connectivity index (χ4v) is 4.07. The summed E-state index contributed by atoms with van der Waals surface area (Å²) >= 11 is 0. The van der Waals surface area contributed by atoms with Crippen molar-refractivity contribution in [3.8, 4) is 22.6 Å². The van der Waals surface area contributed by atoms with Gasteiger partial charge in [-0.05, 0) is 30.8 Å². The number of likely N-dealkylation sites (N-methyl/N-ethyl adjacent to an activating group) is 1. The van der Waals surface area contributed by atoms with Crippen LogP contribution in [0.25, 0.3) is 44.6 Å². The first-order chi connectivity index (χ1) is 14.8. The van der Waals surface area contributed by atoms with Gasteiger partial charge >= 0.3 is 0 Å². The Balaban J connectivity index is 1.45. The summed E-state index contributed by atoms with van der Waals surface area (Å²) in [5.41, 5.74) is 5.74. The molecular weight excluding hydrogens is 378 g/mol. The number of hydrogen-bond acceptors (Lipinski definition) is 6. The van der Waals surface area contributed by atoms with E-state index in [0.29, 0.717) is 0 Å². The zero-order chi connectivity index (χ0) is 20.1. The molecule has 1 saturated heterocycles. The van der Waals surface area contributed by atoms with Crippen LogP contribution in [0.4, 0.5) is 5.82 Å². The Hall–Kier alpha value is -3.72. The van der Waals surface area contributed by atoms with Gasteiger partial charge in [0.2, 0.25) is 0 Å². The first kappa shape index (κ1) is 17.2. The largest absolute Gasteiger partial charge is 0.352 e. The molecule has 6 rings (SSSR count). The molecule has 9 nitrogen and oxygen atoms in total. The first-order valence-corrected chi connectivity index (χ1v) is 10.0. The second-order valence-electron chi connectivity index (χ2n) is 7.73. The maximum absolute atomic E-state index is 4.92. The number of aromatic amines is 3. The summed E-state index contributed by atoms with van der Waals surface area (Å²) in [6, 6.07) is 8.18. The summed E-state index contributed by atoms with van der Waals surface area (Å²) in [6.07, 6.45) is 5.55. The topological polar surface area (TPSA) is 105 Å². The van der Waals surface area contributed by atoms with E-state index in [0.717, 1.165) is 76.6 Å². The van der Waals surface area contributed by atoms with Gasteiger partial charge in [0.1, 0.15) is 11.2 Å². The van der Waals surface area contributed by atoms with Gasteiger partial charge in [-0.3, -0.25) is 10.2 Å². The van der Waals surface area contributed by atoms with E-state index in [1.807, 2.05) is 30.7 Å². The number of nitrogens with one attached hydrogen (secondary N) is 3. The molecule has 5 heterocycles. The predicted molar refractivity (Wildman–Crippen MR) is 116 cm³/mol. The molecule has 1 aliphatic rings. The third-order valence-electron chi connectivity index (χ3n) is 5.80. The van der Waals surface area contributed by atoms with E-state index in [2.05, 4.69) is 59.3 Å². The zero-order valence-corrected chi connectivity index (χ0v) is 16.6. The Morgan fingerprint density at radius 2 is 1.90 bits per heavy atom. The van der Waals surface area contributed by atoms with E-state index in [-0.39, 0.29) is 0 Å². The quantitative estimate of drug-likeness (QED) is 0.431. The lowest BCUT2D eigenvalue weighted by Gasteiger charge is -2.33. The number of rotatable bonds is 3. The summed E-state index contributed by atoms with van der Waals surface area (Å²) in [7, 11) is 2.15. The van der Waals surface area contributed by atoms with E-state index in [1.165, 1.54) is 0 Å². The molecule has 3 N–H and O–H groups in total. The number of anilines is 1. The zero-order valence-electron chi connectivity index (χ0n) is 16.6. The number of pyridine rings is 1. The van der Waals surface area contributed by atoms with Crippen LogP contribution in [-0.4, -0.2) is 73.5 Å². The molecule has 0 amide bonds. The predicted octanol–water partition coefficient (Wildman–Crippen LogP) is 2.64. The minimum Gasteiger partial charge on any atom is -0.352 e. The van der Waals surface area contributed by atoms with Crippen LogP contribution in [0.5, 0.6) is 0 Å². The van der Waals surface area contributed by atoms with Gasteiger partial charge in [0.15, 0.2) is 11.6 Å². The molecule has 0 unspecified atom stereocenters. The lowest BCUT2D eigenvalue weighted by atomic mass is 10.1. The van der Waals surface area contributed by atoms with Gasteiger partial charge < -0.3 is 14.8 Å². The Bertz CT molecular complexity index is 1320. The van der Waals surface area contributed by atoms with E-state index in [1.54, 1.807) is 0 Å². The van der Waals surface area contributed by atoms with Crippen molar-refractivity contribution in [2.45, 2.75) is 0 Å². The van der Waals surface area contributed by atoms with Crippen LogP contribution in [0.3, 0.4) is 0 Å². The molecule has 30 heavy (non-hydrogen) atoms. The van der Waals surface area contributed by atoms with Gasteiger partial charge in [0.25, 0.3) is 0 Å². The molecule has 0 radical (unpaired) electrons. The maximum Gasteiger partial charge on any atom is 0.159 e. The highest BCUT2D eigenvalue weighted by Gasteiger charge is 2.21. The van der Waals surface area contributed by atoms with Crippen LogP contribution >= 0.6 is 0 Å². The Labute approximate surface area is 172 Å². The number of nitrogens with zero attached hydrogens (tertiary/aromatic N) is 6. The molecule has 1 fully saturated rings. The summed E-state index contributed by atoms with van der Waals surface area (Å²) in [4.78, 5) is 17.7. The van der Waals surface area contributed by atoms with Gasteiger partial charge in [-0.15, -0.1) is 0 Å². The van der Waals surface area contributed by atoms with Gasteiger partial charge in [0.05, 0.1) is 17.2 Å². The van der Waals surface area contributed by atoms with Crippen molar-refractivity contribution < 1.29 is 0 Å². The van der Waals surface area contributed by atoms with Crippen LogP contribution in [0, 0.1) is 0 Å². The average molecular weight is 399 g/mol. The molecule has 5 aromatic rings. The van der Waals surface area contributed by atoms with Crippen molar-refractivity contribution in [3.05, 3.63) is 42.9 Å². The minimum absolute atomic E-state index is 0.740. The first-order valence-electron chi connectivity index (χ1n) is 10.0. The maximum atomic E-state index is 4.92. The monoisotopic (exact) mass is 399 g/mol. The molecule has 0 bridgehead atoms. The molecule has 0 atom stereocenters. The van der Waals surface area contributed by atoms with E-state index < -0.39 is 0 Å². The number of imidazole rings is 1. The number of hydrogen-bond donors (Lipinski definition) is 3. The lowest BCUT2D eigenvalue weighted by Crippen LogP contribution is -2.44. The van der Waals surface area contributed by atoms with Crippen molar-refractivity contribution in [3.63, 3.8) is 0 Å². The fraction of sp³-hybridized carbons (Fsp3) is 0.238. The highest BCUT2D eigenvalue weighted by molar-refractivity contribution is 5.96. The third-order valence-corrected chi connectivity index (χ3v) is 5.80. The van der Waals surface area contributed by atoms with Crippen LogP contribution in [-0.2, 0) is 0 Å². The number of piperazine rings is 1. The number of benzene rings is 1. The Kier molecular flexibility index (Phi) is 3.81. The summed E-state index contributed by atoms with van der Waals surface area (Å²) in [5.74, 6) is 1.67. The second-order valence-corrected chi connectivity index (χ2v) is 7.73. The van der Waals surface area contributed by atoms with Crippen molar-refractivity contribution in [2.24, 2.45) is 0 Å². The van der Waals surface area contributed by atoms with Crippen LogP contribution in [0.15, 0.2) is 42.9 Å². The van der Waals surface area contributed by atoms with Gasteiger partial charge in [-0.2, -0.15) is 10.2 Å². The molecule has 4 aromatic heterocycles. The summed E-state index contributed by atoms with van der Waals surface area (Å²) < 4.78 is 0. The molecular formula is C21H21N9.